The molecule has 0 aliphatic carbocycles. The van der Waals surface area contributed by atoms with Gasteiger partial charge in [0.1, 0.15) is 11.5 Å². The Labute approximate surface area is 101 Å². The quantitative estimate of drug-likeness (QED) is 0.720. The molecule has 2 rings (SSSR count). The van der Waals surface area contributed by atoms with Crippen molar-refractivity contribution in [3.8, 4) is 0 Å². The van der Waals surface area contributed by atoms with Crippen molar-refractivity contribution in [3.63, 3.8) is 0 Å². The summed E-state index contributed by atoms with van der Waals surface area (Å²) >= 11 is 0. The van der Waals surface area contributed by atoms with Crippen LogP contribution in [0.2, 0.25) is 0 Å². The van der Waals surface area contributed by atoms with E-state index in [1.165, 1.54) is 0 Å². The molecule has 1 amide bonds. The van der Waals surface area contributed by atoms with Crippen LogP contribution in [0.3, 0.4) is 0 Å². The minimum atomic E-state index is -0.497. The number of nitrogens with zero attached hydrogens (tertiary/aromatic N) is 1. The van der Waals surface area contributed by atoms with Crippen LogP contribution < -0.4 is 16.4 Å². The molecule has 1 saturated heterocycles. The molecule has 17 heavy (non-hydrogen) atoms. The first-order valence-electron chi connectivity index (χ1n) is 5.93. The molecule has 2 atom stereocenters. The van der Waals surface area contributed by atoms with E-state index in [4.69, 9.17) is 5.73 Å². The molecule has 4 N–H and O–H groups in total. The van der Waals surface area contributed by atoms with Crippen LogP contribution in [0, 0.1) is 0 Å². The fourth-order valence-corrected chi connectivity index (χ4v) is 2.08. The number of nitrogens with one attached hydrogen (secondary N) is 2. The Morgan fingerprint density at radius 1 is 1.59 bits per heavy atom. The number of hydrogen-bond donors (Lipinski definition) is 3. The van der Waals surface area contributed by atoms with E-state index in [-0.39, 0.29) is 0 Å². The average Bonchev–Trinajstić information content (AvgIpc) is 2.32. The SMILES string of the molecule is CC1NCCCC1Nc1cccc(C(N)=O)n1. The highest BCUT2D eigenvalue weighted by Gasteiger charge is 2.20. The van der Waals surface area contributed by atoms with Gasteiger partial charge in [0.15, 0.2) is 0 Å². The Kier molecular flexibility index (Phi) is 3.58. The summed E-state index contributed by atoms with van der Waals surface area (Å²) in [6.45, 7) is 3.21. The highest BCUT2D eigenvalue weighted by Crippen LogP contribution is 2.14. The van der Waals surface area contributed by atoms with Gasteiger partial charge in [-0.1, -0.05) is 6.07 Å². The number of carbonyl (C=O) groups excluding carboxylic acids is 1. The van der Waals surface area contributed by atoms with E-state index in [1.54, 1.807) is 12.1 Å². The number of nitrogens with two attached hydrogens (primary N) is 1. The fourth-order valence-electron chi connectivity index (χ4n) is 2.08. The van der Waals surface area contributed by atoms with Gasteiger partial charge in [0.25, 0.3) is 5.91 Å². The van der Waals surface area contributed by atoms with Crippen LogP contribution in [0.5, 0.6) is 0 Å². The number of aromatic nitrogens is 1. The lowest BCUT2D eigenvalue weighted by atomic mass is 10.00. The van der Waals surface area contributed by atoms with E-state index in [0.717, 1.165) is 19.4 Å². The molecule has 1 aromatic rings. The number of carbonyl (C=O) groups is 1. The highest BCUT2D eigenvalue weighted by atomic mass is 16.1. The zero-order valence-electron chi connectivity index (χ0n) is 9.94. The van der Waals surface area contributed by atoms with Crippen LogP contribution in [0.4, 0.5) is 5.82 Å². The molecule has 1 aromatic heterocycles. The molecular weight excluding hydrogens is 216 g/mol. The Balaban J connectivity index is 2.07. The largest absolute Gasteiger partial charge is 0.366 e. The van der Waals surface area contributed by atoms with Gasteiger partial charge < -0.3 is 16.4 Å². The van der Waals surface area contributed by atoms with Gasteiger partial charge in [0, 0.05) is 12.1 Å². The van der Waals surface area contributed by atoms with Crippen molar-refractivity contribution in [2.75, 3.05) is 11.9 Å². The second kappa shape index (κ2) is 5.14. The van der Waals surface area contributed by atoms with Gasteiger partial charge in [-0.15, -0.1) is 0 Å². The molecule has 1 fully saturated rings. The third-order valence-electron chi connectivity index (χ3n) is 3.10. The summed E-state index contributed by atoms with van der Waals surface area (Å²) in [6, 6.07) is 6.02. The Morgan fingerprint density at radius 3 is 3.12 bits per heavy atom. The van der Waals surface area contributed by atoms with Crippen molar-refractivity contribution in [2.24, 2.45) is 5.73 Å². The van der Waals surface area contributed by atoms with Crippen LogP contribution in [-0.2, 0) is 0 Å². The standard InChI is InChI=1S/C12H18N4O/c1-8-9(5-3-7-14-8)15-11-6-2-4-10(16-11)12(13)17/h2,4,6,8-9,14H,3,5,7H2,1H3,(H2,13,17)(H,15,16). The third-order valence-corrected chi connectivity index (χ3v) is 3.10. The summed E-state index contributed by atoms with van der Waals surface area (Å²) in [5, 5.41) is 6.75. The maximum atomic E-state index is 11.0. The summed E-state index contributed by atoms with van der Waals surface area (Å²) in [7, 11) is 0. The molecule has 1 aliphatic rings. The minimum Gasteiger partial charge on any atom is -0.366 e. The monoisotopic (exact) mass is 234 g/mol. The molecule has 0 aromatic carbocycles. The highest BCUT2D eigenvalue weighted by molar-refractivity contribution is 5.91. The van der Waals surface area contributed by atoms with Crippen LogP contribution in [0.15, 0.2) is 18.2 Å². The van der Waals surface area contributed by atoms with E-state index in [9.17, 15) is 4.79 Å². The van der Waals surface area contributed by atoms with Gasteiger partial charge in [0.2, 0.25) is 0 Å². The van der Waals surface area contributed by atoms with Gasteiger partial charge in [-0.05, 0) is 38.4 Å². The van der Waals surface area contributed by atoms with Crippen molar-refractivity contribution < 1.29 is 4.79 Å². The van der Waals surface area contributed by atoms with Crippen LogP contribution in [0.1, 0.15) is 30.3 Å². The van der Waals surface area contributed by atoms with Crippen LogP contribution >= 0.6 is 0 Å². The molecule has 5 nitrogen and oxygen atoms in total. The van der Waals surface area contributed by atoms with E-state index in [1.807, 2.05) is 6.07 Å². The second-order valence-electron chi connectivity index (χ2n) is 4.41. The predicted molar refractivity (Wildman–Crippen MR) is 66.9 cm³/mol. The van der Waals surface area contributed by atoms with E-state index in [0.29, 0.717) is 23.6 Å². The summed E-state index contributed by atoms with van der Waals surface area (Å²) in [4.78, 5) is 15.2. The van der Waals surface area contributed by atoms with E-state index in [2.05, 4.69) is 22.5 Å². The maximum absolute atomic E-state index is 11.0. The second-order valence-corrected chi connectivity index (χ2v) is 4.41. The van der Waals surface area contributed by atoms with Gasteiger partial charge in [-0.3, -0.25) is 4.79 Å². The van der Waals surface area contributed by atoms with Crippen molar-refractivity contribution >= 4 is 11.7 Å². The van der Waals surface area contributed by atoms with Crippen molar-refractivity contribution in [2.45, 2.75) is 31.8 Å². The summed E-state index contributed by atoms with van der Waals surface area (Å²) in [6.07, 6.45) is 2.26. The number of pyridine rings is 1. The zero-order valence-corrected chi connectivity index (χ0v) is 9.94. The molecule has 0 radical (unpaired) electrons. The molecule has 5 heteroatoms. The lowest BCUT2D eigenvalue weighted by Gasteiger charge is -2.31. The first kappa shape index (κ1) is 11.9. The molecule has 2 heterocycles. The summed E-state index contributed by atoms with van der Waals surface area (Å²) < 4.78 is 0. The molecule has 92 valence electrons. The zero-order chi connectivity index (χ0) is 12.3. The average molecular weight is 234 g/mol. The smallest absolute Gasteiger partial charge is 0.267 e. The van der Waals surface area contributed by atoms with Gasteiger partial charge >= 0.3 is 0 Å². The maximum Gasteiger partial charge on any atom is 0.267 e. The van der Waals surface area contributed by atoms with Crippen molar-refractivity contribution in [1.82, 2.24) is 10.3 Å². The van der Waals surface area contributed by atoms with Crippen molar-refractivity contribution in [1.29, 1.82) is 0 Å². The topological polar surface area (TPSA) is 80.0 Å². The van der Waals surface area contributed by atoms with E-state index < -0.39 is 5.91 Å². The molecule has 0 spiro atoms. The van der Waals surface area contributed by atoms with Gasteiger partial charge in [-0.25, -0.2) is 4.98 Å². The summed E-state index contributed by atoms with van der Waals surface area (Å²) in [5.41, 5.74) is 5.50. The number of rotatable bonds is 3. The number of primary amides is 1. The first-order chi connectivity index (χ1) is 8.16. The Bertz CT molecular complexity index is 407. The van der Waals surface area contributed by atoms with Crippen molar-refractivity contribution in [3.05, 3.63) is 23.9 Å². The lowest BCUT2D eigenvalue weighted by molar-refractivity contribution is 0.0995. The van der Waals surface area contributed by atoms with Crippen LogP contribution in [0.25, 0.3) is 0 Å². The first-order valence-corrected chi connectivity index (χ1v) is 5.93. The molecule has 0 saturated carbocycles. The van der Waals surface area contributed by atoms with Gasteiger partial charge in [0.05, 0.1) is 0 Å². The van der Waals surface area contributed by atoms with Gasteiger partial charge in [-0.2, -0.15) is 0 Å². The van der Waals surface area contributed by atoms with E-state index >= 15 is 0 Å². The molecular formula is C12H18N4O. The molecule has 2 unspecified atom stereocenters. The molecule has 0 bridgehead atoms. The normalized spacial score (nSPS) is 24.3. The predicted octanol–water partition coefficient (Wildman–Crippen LogP) is 0.733. The number of hydrogen-bond acceptors (Lipinski definition) is 4. The lowest BCUT2D eigenvalue weighted by Crippen LogP contribution is -2.46. The summed E-state index contributed by atoms with van der Waals surface area (Å²) in [5.74, 6) is 0.213. The van der Waals surface area contributed by atoms with Crippen LogP contribution in [-0.4, -0.2) is 29.5 Å². The number of amides is 1. The Hall–Kier alpha value is -1.62. The molecule has 1 aliphatic heterocycles. The third kappa shape index (κ3) is 2.94. The Morgan fingerprint density at radius 2 is 2.41 bits per heavy atom. The minimum absolute atomic E-state index is 0.298. The fraction of sp³-hybridized carbons (Fsp3) is 0.500. The number of piperidine rings is 1. The number of anilines is 1.